The molecular weight excluding hydrogens is 387 g/mol. The number of aryl methyl sites for hydroxylation is 1. The first kappa shape index (κ1) is 21.4. The predicted octanol–water partition coefficient (Wildman–Crippen LogP) is 2.23. The average Bonchev–Trinajstić information content (AvgIpc) is 2.92. The highest BCUT2D eigenvalue weighted by atomic mass is 19.1. The molecule has 1 atom stereocenters. The smallest absolute Gasteiger partial charge is 0.322 e. The molecule has 2 N–H and O–H groups in total. The lowest BCUT2D eigenvalue weighted by Crippen LogP contribution is -2.51. The van der Waals surface area contributed by atoms with E-state index in [0.29, 0.717) is 19.4 Å². The van der Waals surface area contributed by atoms with Crippen molar-refractivity contribution in [1.29, 1.82) is 0 Å². The fraction of sp³-hybridized carbons (Fsp3) is 0.318. The van der Waals surface area contributed by atoms with Gasteiger partial charge in [-0.15, -0.1) is 0 Å². The number of urea groups is 1. The number of carbonyl (C=O) groups excluding carboxylic acids is 3. The number of imide groups is 1. The van der Waals surface area contributed by atoms with Crippen molar-refractivity contribution in [2.24, 2.45) is 0 Å². The summed E-state index contributed by atoms with van der Waals surface area (Å²) in [4.78, 5) is 39.1. The van der Waals surface area contributed by atoms with E-state index in [4.69, 9.17) is 0 Å². The molecular formula is C22H25FN4O3. The summed E-state index contributed by atoms with van der Waals surface area (Å²) in [6.45, 7) is 2.04. The maximum atomic E-state index is 13.0. The highest BCUT2D eigenvalue weighted by Gasteiger charge is 2.48. The number of likely N-dealkylation sites (N-methyl/N-ethyl adjacent to an activating group) is 1. The van der Waals surface area contributed by atoms with E-state index in [1.54, 1.807) is 31.0 Å². The Hall–Kier alpha value is -3.26. The maximum Gasteiger partial charge on any atom is 0.344 e. The molecule has 0 spiro atoms. The lowest BCUT2D eigenvalue weighted by molar-refractivity contribution is -0.139. The number of hydrazine groups is 1. The largest absolute Gasteiger partial charge is 0.344 e. The molecule has 0 aliphatic carbocycles. The minimum atomic E-state index is -1.08. The zero-order valence-electron chi connectivity index (χ0n) is 17.0. The first-order valence-corrected chi connectivity index (χ1v) is 9.70. The van der Waals surface area contributed by atoms with Crippen LogP contribution in [0.5, 0.6) is 0 Å². The van der Waals surface area contributed by atoms with Crippen molar-refractivity contribution in [2.75, 3.05) is 13.6 Å². The van der Waals surface area contributed by atoms with Crippen molar-refractivity contribution in [3.05, 3.63) is 71.5 Å². The number of nitrogens with one attached hydrogen (secondary N) is 2. The summed E-state index contributed by atoms with van der Waals surface area (Å²) >= 11 is 0. The van der Waals surface area contributed by atoms with Crippen LogP contribution in [-0.4, -0.2) is 46.9 Å². The van der Waals surface area contributed by atoms with Crippen molar-refractivity contribution < 1.29 is 18.8 Å². The average molecular weight is 412 g/mol. The molecule has 4 amide bonds. The Morgan fingerprint density at radius 2 is 1.77 bits per heavy atom. The van der Waals surface area contributed by atoms with Crippen LogP contribution in [-0.2, 0) is 22.6 Å². The lowest BCUT2D eigenvalue weighted by atomic mass is 9.93. The van der Waals surface area contributed by atoms with Crippen molar-refractivity contribution >= 4 is 17.8 Å². The van der Waals surface area contributed by atoms with E-state index in [-0.39, 0.29) is 12.4 Å². The van der Waals surface area contributed by atoms with Crippen molar-refractivity contribution in [3.8, 4) is 0 Å². The molecule has 1 aliphatic rings. The molecule has 158 valence electrons. The molecule has 7 nitrogen and oxygen atoms in total. The van der Waals surface area contributed by atoms with E-state index in [0.717, 1.165) is 16.1 Å². The lowest BCUT2D eigenvalue weighted by Gasteiger charge is -2.22. The van der Waals surface area contributed by atoms with Gasteiger partial charge in [0.05, 0.1) is 6.54 Å². The fourth-order valence-electron chi connectivity index (χ4n) is 3.36. The Morgan fingerprint density at radius 1 is 1.10 bits per heavy atom. The minimum absolute atomic E-state index is 0.0326. The van der Waals surface area contributed by atoms with Gasteiger partial charge in [0.2, 0.25) is 0 Å². The SMILES string of the molecule is CN(CC(=O)NN1C(=O)N[C@](C)(CCc2ccccc2)C1=O)Cc1ccc(F)cc1. The molecule has 8 heteroatoms. The molecule has 1 fully saturated rings. The van der Waals surface area contributed by atoms with Gasteiger partial charge in [0.1, 0.15) is 11.4 Å². The van der Waals surface area contributed by atoms with Crippen LogP contribution in [0.4, 0.5) is 9.18 Å². The fourth-order valence-corrected chi connectivity index (χ4v) is 3.36. The summed E-state index contributed by atoms with van der Waals surface area (Å²) in [5.74, 6) is -1.30. The molecule has 0 aromatic heterocycles. The number of rotatable bonds is 8. The first-order valence-electron chi connectivity index (χ1n) is 9.70. The third kappa shape index (κ3) is 5.21. The van der Waals surface area contributed by atoms with Crippen LogP contribution in [0.15, 0.2) is 54.6 Å². The molecule has 1 saturated heterocycles. The van der Waals surface area contributed by atoms with Gasteiger partial charge in [0.25, 0.3) is 11.8 Å². The normalized spacial score (nSPS) is 18.6. The summed E-state index contributed by atoms with van der Waals surface area (Å²) in [6, 6.07) is 15.0. The highest BCUT2D eigenvalue weighted by molar-refractivity contribution is 6.07. The minimum Gasteiger partial charge on any atom is -0.322 e. The molecule has 2 aromatic carbocycles. The van der Waals surface area contributed by atoms with Gasteiger partial charge in [-0.25, -0.2) is 9.18 Å². The van der Waals surface area contributed by atoms with Gasteiger partial charge in [0.15, 0.2) is 0 Å². The van der Waals surface area contributed by atoms with Crippen molar-refractivity contribution in [2.45, 2.75) is 31.8 Å². The Balaban J connectivity index is 1.53. The number of nitrogens with zero attached hydrogens (tertiary/aromatic N) is 2. The molecule has 1 heterocycles. The number of hydrogen-bond donors (Lipinski definition) is 2. The van der Waals surface area contributed by atoms with Crippen LogP contribution in [0.3, 0.4) is 0 Å². The molecule has 1 aliphatic heterocycles. The second-order valence-electron chi connectivity index (χ2n) is 7.72. The van der Waals surface area contributed by atoms with Gasteiger partial charge < -0.3 is 5.32 Å². The highest BCUT2D eigenvalue weighted by Crippen LogP contribution is 2.22. The summed E-state index contributed by atoms with van der Waals surface area (Å²) < 4.78 is 13.0. The van der Waals surface area contributed by atoms with Crippen LogP contribution >= 0.6 is 0 Å². The Kier molecular flexibility index (Phi) is 6.47. The second-order valence-corrected chi connectivity index (χ2v) is 7.72. The molecule has 0 saturated carbocycles. The molecule has 3 rings (SSSR count). The van der Waals surface area contributed by atoms with Crippen LogP contribution in [0.25, 0.3) is 0 Å². The molecule has 0 unspecified atom stereocenters. The van der Waals surface area contributed by atoms with Gasteiger partial charge in [-0.2, -0.15) is 5.01 Å². The Morgan fingerprint density at radius 3 is 2.43 bits per heavy atom. The third-order valence-electron chi connectivity index (χ3n) is 5.03. The van der Waals surface area contributed by atoms with E-state index >= 15 is 0 Å². The van der Waals surface area contributed by atoms with E-state index < -0.39 is 23.4 Å². The number of benzene rings is 2. The molecule has 30 heavy (non-hydrogen) atoms. The van der Waals surface area contributed by atoms with Gasteiger partial charge in [0, 0.05) is 6.54 Å². The summed E-state index contributed by atoms with van der Waals surface area (Å²) in [5, 5.41) is 3.43. The first-order chi connectivity index (χ1) is 14.3. The predicted molar refractivity (Wildman–Crippen MR) is 109 cm³/mol. The second kappa shape index (κ2) is 9.04. The monoisotopic (exact) mass is 412 g/mol. The van der Waals surface area contributed by atoms with Crippen LogP contribution in [0.2, 0.25) is 0 Å². The molecule has 0 radical (unpaired) electrons. The van der Waals surface area contributed by atoms with Crippen molar-refractivity contribution in [1.82, 2.24) is 20.7 Å². The number of amides is 4. The van der Waals surface area contributed by atoms with Gasteiger partial charge in [-0.3, -0.25) is 19.9 Å². The summed E-state index contributed by atoms with van der Waals surface area (Å²) in [7, 11) is 1.72. The van der Waals surface area contributed by atoms with Crippen LogP contribution in [0.1, 0.15) is 24.5 Å². The van der Waals surface area contributed by atoms with Gasteiger partial charge >= 0.3 is 6.03 Å². The zero-order valence-corrected chi connectivity index (χ0v) is 17.0. The number of hydrogen-bond acceptors (Lipinski definition) is 4. The zero-order chi connectivity index (χ0) is 21.7. The van der Waals surface area contributed by atoms with E-state index in [9.17, 15) is 18.8 Å². The quantitative estimate of drug-likeness (QED) is 0.652. The Labute approximate surface area is 174 Å². The number of halogens is 1. The van der Waals surface area contributed by atoms with Gasteiger partial charge in [-0.05, 0) is 50.1 Å². The third-order valence-corrected chi connectivity index (χ3v) is 5.03. The Bertz CT molecular complexity index is 920. The van der Waals surface area contributed by atoms with E-state index in [2.05, 4.69) is 10.7 Å². The molecule has 2 aromatic rings. The van der Waals surface area contributed by atoms with E-state index in [1.165, 1.54) is 12.1 Å². The molecule has 0 bridgehead atoms. The van der Waals surface area contributed by atoms with E-state index in [1.807, 2.05) is 30.3 Å². The van der Waals surface area contributed by atoms with Crippen LogP contribution in [0, 0.1) is 5.82 Å². The maximum absolute atomic E-state index is 13.0. The summed E-state index contributed by atoms with van der Waals surface area (Å²) in [6.07, 6.45) is 1.03. The topological polar surface area (TPSA) is 81.8 Å². The van der Waals surface area contributed by atoms with Gasteiger partial charge in [-0.1, -0.05) is 42.5 Å². The van der Waals surface area contributed by atoms with Crippen LogP contribution < -0.4 is 10.7 Å². The standard InChI is InChI=1S/C22H25FN4O3/c1-22(13-12-16-6-4-3-5-7-16)20(29)27(21(30)24-22)25-19(28)15-26(2)14-17-8-10-18(23)11-9-17/h3-11H,12-15H2,1-2H3,(H,24,30)(H,25,28)/t22-/m1/s1. The number of carbonyl (C=O) groups is 3. The summed E-state index contributed by atoms with van der Waals surface area (Å²) in [5.41, 5.74) is 3.21. The van der Waals surface area contributed by atoms with Crippen molar-refractivity contribution in [3.63, 3.8) is 0 Å².